The number of amides is 1. The zero-order valence-electron chi connectivity index (χ0n) is 18.4. The SMILES string of the molecule is C[C@@H](NC(=O)C[C@H](c1cccc(C(F)(F)F)c1)c1cn(C)c2ccccc12)c1ccccc1. The third kappa shape index (κ3) is 4.95. The number of benzene rings is 3. The quantitative estimate of drug-likeness (QED) is 0.353. The van der Waals surface area contributed by atoms with Gasteiger partial charge >= 0.3 is 6.18 Å². The highest BCUT2D eigenvalue weighted by atomic mass is 19.4. The van der Waals surface area contributed by atoms with Crippen LogP contribution in [0.4, 0.5) is 13.2 Å². The maximum Gasteiger partial charge on any atom is 0.416 e. The minimum Gasteiger partial charge on any atom is -0.350 e. The fraction of sp³-hybridized carbons (Fsp3) is 0.222. The Morgan fingerprint density at radius 2 is 1.61 bits per heavy atom. The van der Waals surface area contributed by atoms with E-state index in [2.05, 4.69) is 5.32 Å². The number of nitrogens with zero attached hydrogens (tertiary/aromatic N) is 1. The first kappa shape index (κ1) is 22.6. The van der Waals surface area contributed by atoms with Gasteiger partial charge in [-0.2, -0.15) is 13.2 Å². The molecule has 0 radical (unpaired) electrons. The molecule has 0 aliphatic rings. The van der Waals surface area contributed by atoms with E-state index < -0.39 is 17.7 Å². The maximum atomic E-state index is 13.4. The summed E-state index contributed by atoms with van der Waals surface area (Å²) in [5.74, 6) is -0.747. The van der Waals surface area contributed by atoms with E-state index >= 15 is 0 Å². The van der Waals surface area contributed by atoms with Crippen molar-refractivity contribution in [2.24, 2.45) is 7.05 Å². The number of hydrogen-bond donors (Lipinski definition) is 1. The van der Waals surface area contributed by atoms with Crippen molar-refractivity contribution in [3.63, 3.8) is 0 Å². The van der Waals surface area contributed by atoms with Gasteiger partial charge in [0.25, 0.3) is 0 Å². The van der Waals surface area contributed by atoms with E-state index in [0.717, 1.165) is 34.2 Å². The minimum absolute atomic E-state index is 0.0342. The minimum atomic E-state index is -4.45. The van der Waals surface area contributed by atoms with Gasteiger partial charge in [-0.05, 0) is 35.7 Å². The lowest BCUT2D eigenvalue weighted by molar-refractivity contribution is -0.137. The van der Waals surface area contributed by atoms with Crippen molar-refractivity contribution in [2.75, 3.05) is 0 Å². The van der Waals surface area contributed by atoms with E-state index in [0.29, 0.717) is 5.56 Å². The summed E-state index contributed by atoms with van der Waals surface area (Å²) >= 11 is 0. The maximum absolute atomic E-state index is 13.4. The van der Waals surface area contributed by atoms with Crippen LogP contribution < -0.4 is 5.32 Å². The van der Waals surface area contributed by atoms with Crippen molar-refractivity contribution in [1.29, 1.82) is 0 Å². The molecule has 1 amide bonds. The standard InChI is InChI=1S/C27H25F3N2O/c1-18(19-9-4-3-5-10-19)31-26(33)16-23(20-11-8-12-21(15-20)27(28,29)30)24-17-32(2)25-14-7-6-13-22(24)25/h3-15,17-18,23H,16H2,1-2H3,(H,31,33)/t18-,23-/m1/s1. The Bertz CT molecular complexity index is 1260. The molecule has 33 heavy (non-hydrogen) atoms. The molecular weight excluding hydrogens is 425 g/mol. The Labute approximate surface area is 190 Å². The van der Waals surface area contributed by atoms with Gasteiger partial charge < -0.3 is 9.88 Å². The van der Waals surface area contributed by atoms with Crippen LogP contribution in [0.3, 0.4) is 0 Å². The Morgan fingerprint density at radius 3 is 2.33 bits per heavy atom. The van der Waals surface area contributed by atoms with E-state index in [1.165, 1.54) is 6.07 Å². The Balaban J connectivity index is 1.71. The molecule has 3 aromatic carbocycles. The van der Waals surface area contributed by atoms with Crippen LogP contribution in [-0.2, 0) is 18.0 Å². The molecule has 1 heterocycles. The van der Waals surface area contributed by atoms with Gasteiger partial charge in [-0.25, -0.2) is 0 Å². The van der Waals surface area contributed by atoms with Gasteiger partial charge in [-0.1, -0.05) is 66.7 Å². The zero-order valence-corrected chi connectivity index (χ0v) is 18.4. The second-order valence-corrected chi connectivity index (χ2v) is 8.29. The van der Waals surface area contributed by atoms with E-state index in [-0.39, 0.29) is 18.4 Å². The highest BCUT2D eigenvalue weighted by Crippen LogP contribution is 2.37. The molecule has 0 spiro atoms. The van der Waals surface area contributed by atoms with Crippen molar-refractivity contribution >= 4 is 16.8 Å². The summed E-state index contributed by atoms with van der Waals surface area (Å²) in [6, 6.07) is 22.3. The van der Waals surface area contributed by atoms with Crippen LogP contribution in [0.25, 0.3) is 10.9 Å². The number of nitrogens with one attached hydrogen (secondary N) is 1. The number of fused-ring (bicyclic) bond motifs is 1. The van der Waals surface area contributed by atoms with Gasteiger partial charge in [0.1, 0.15) is 0 Å². The van der Waals surface area contributed by atoms with Crippen molar-refractivity contribution in [2.45, 2.75) is 31.5 Å². The molecule has 0 bridgehead atoms. The molecular formula is C27H25F3N2O. The monoisotopic (exact) mass is 450 g/mol. The molecule has 0 fully saturated rings. The topological polar surface area (TPSA) is 34.0 Å². The molecule has 4 aromatic rings. The summed E-state index contributed by atoms with van der Waals surface area (Å²) in [6.07, 6.45) is -2.51. The number of hydrogen-bond acceptors (Lipinski definition) is 1. The largest absolute Gasteiger partial charge is 0.416 e. The summed E-state index contributed by atoms with van der Waals surface area (Å²) in [5, 5.41) is 3.92. The predicted octanol–water partition coefficient (Wildman–Crippen LogP) is 6.60. The van der Waals surface area contributed by atoms with E-state index in [1.807, 2.05) is 79.3 Å². The highest BCUT2D eigenvalue weighted by Gasteiger charge is 2.32. The number of aromatic nitrogens is 1. The lowest BCUT2D eigenvalue weighted by atomic mass is 9.87. The van der Waals surface area contributed by atoms with E-state index in [1.54, 1.807) is 6.07 Å². The first-order valence-electron chi connectivity index (χ1n) is 10.8. The van der Waals surface area contributed by atoms with Gasteiger partial charge in [-0.3, -0.25) is 4.79 Å². The van der Waals surface area contributed by atoms with Gasteiger partial charge in [0.15, 0.2) is 0 Å². The van der Waals surface area contributed by atoms with Crippen LogP contribution in [0, 0.1) is 0 Å². The fourth-order valence-corrected chi connectivity index (χ4v) is 4.30. The Kier molecular flexibility index (Phi) is 6.27. The Morgan fingerprint density at radius 1 is 0.939 bits per heavy atom. The van der Waals surface area contributed by atoms with Crippen molar-refractivity contribution in [3.8, 4) is 0 Å². The second-order valence-electron chi connectivity index (χ2n) is 8.29. The average Bonchev–Trinajstić information content (AvgIpc) is 3.14. The fourth-order valence-electron chi connectivity index (χ4n) is 4.30. The molecule has 0 aliphatic carbocycles. The lowest BCUT2D eigenvalue weighted by Crippen LogP contribution is -2.28. The predicted molar refractivity (Wildman–Crippen MR) is 124 cm³/mol. The zero-order chi connectivity index (χ0) is 23.6. The normalized spacial score (nSPS) is 13.6. The van der Waals surface area contributed by atoms with Crippen LogP contribution in [0.5, 0.6) is 0 Å². The molecule has 6 heteroatoms. The third-order valence-electron chi connectivity index (χ3n) is 5.99. The molecule has 0 saturated heterocycles. The number of para-hydroxylation sites is 1. The summed E-state index contributed by atoms with van der Waals surface area (Å²) in [7, 11) is 1.90. The third-order valence-corrected chi connectivity index (χ3v) is 5.99. The highest BCUT2D eigenvalue weighted by molar-refractivity contribution is 5.86. The van der Waals surface area contributed by atoms with E-state index in [4.69, 9.17) is 0 Å². The number of carbonyl (C=O) groups is 1. The first-order valence-corrected chi connectivity index (χ1v) is 10.8. The molecule has 1 N–H and O–H groups in total. The second kappa shape index (κ2) is 9.14. The van der Waals surface area contributed by atoms with Crippen LogP contribution in [0.1, 0.15) is 47.6 Å². The van der Waals surface area contributed by atoms with E-state index in [9.17, 15) is 18.0 Å². The summed E-state index contributed by atoms with van der Waals surface area (Å²) in [4.78, 5) is 13.1. The number of aryl methyl sites for hydroxylation is 1. The van der Waals surface area contributed by atoms with Gasteiger partial charge in [0, 0.05) is 36.5 Å². The van der Waals surface area contributed by atoms with Crippen molar-refractivity contribution in [3.05, 3.63) is 107 Å². The van der Waals surface area contributed by atoms with Crippen molar-refractivity contribution in [1.82, 2.24) is 9.88 Å². The summed E-state index contributed by atoms with van der Waals surface area (Å²) < 4.78 is 42.2. The summed E-state index contributed by atoms with van der Waals surface area (Å²) in [6.45, 7) is 1.89. The number of halogens is 3. The van der Waals surface area contributed by atoms with Gasteiger partial charge in [0.05, 0.1) is 11.6 Å². The van der Waals surface area contributed by atoms with Crippen LogP contribution in [0.2, 0.25) is 0 Å². The molecule has 170 valence electrons. The molecule has 0 unspecified atom stereocenters. The van der Waals surface area contributed by atoms with Crippen LogP contribution >= 0.6 is 0 Å². The average molecular weight is 451 g/mol. The molecule has 1 aromatic heterocycles. The van der Waals surface area contributed by atoms with Gasteiger partial charge in [0.2, 0.25) is 5.91 Å². The first-order chi connectivity index (χ1) is 15.7. The lowest BCUT2D eigenvalue weighted by Gasteiger charge is -2.21. The molecule has 3 nitrogen and oxygen atoms in total. The van der Waals surface area contributed by atoms with Crippen molar-refractivity contribution < 1.29 is 18.0 Å². The summed E-state index contributed by atoms with van der Waals surface area (Å²) in [5.41, 5.74) is 2.50. The van der Waals surface area contributed by atoms with Gasteiger partial charge in [-0.15, -0.1) is 0 Å². The smallest absolute Gasteiger partial charge is 0.350 e. The molecule has 0 aliphatic heterocycles. The molecule has 2 atom stereocenters. The number of carbonyl (C=O) groups excluding carboxylic acids is 1. The molecule has 0 saturated carbocycles. The number of rotatable bonds is 6. The Hall–Kier alpha value is -3.54. The van der Waals surface area contributed by atoms with Crippen LogP contribution in [-0.4, -0.2) is 10.5 Å². The number of alkyl halides is 3. The van der Waals surface area contributed by atoms with Crippen LogP contribution in [0.15, 0.2) is 85.1 Å². The molecule has 4 rings (SSSR count).